The van der Waals surface area contributed by atoms with Crippen LogP contribution in [0.15, 0.2) is 12.7 Å². The summed E-state index contributed by atoms with van der Waals surface area (Å²) in [5, 5.41) is 0. The summed E-state index contributed by atoms with van der Waals surface area (Å²) in [4.78, 5) is 9.82. The van der Waals surface area contributed by atoms with E-state index in [1.54, 1.807) is 0 Å². The van der Waals surface area contributed by atoms with Gasteiger partial charge in [-0.05, 0) is 0 Å². The van der Waals surface area contributed by atoms with E-state index in [9.17, 15) is 4.79 Å². The fraction of sp³-hybridized carbons (Fsp3) is 0.400. The minimum absolute atomic E-state index is 0.153. The Hall–Kier alpha value is -0.630. The molecule has 0 radical (unpaired) electrons. The first kappa shape index (κ1) is 6.37. The van der Waals surface area contributed by atoms with E-state index in [1.807, 2.05) is 0 Å². The zero-order valence-electron chi connectivity index (χ0n) is 4.13. The topological polar surface area (TPSA) is 43.1 Å². The van der Waals surface area contributed by atoms with Crippen LogP contribution in [0.5, 0.6) is 0 Å². The Morgan fingerprint density at radius 1 is 1.86 bits per heavy atom. The van der Waals surface area contributed by atoms with Crippen LogP contribution in [0, 0.1) is 5.92 Å². The molecule has 40 valence electrons. The van der Waals surface area contributed by atoms with Crippen LogP contribution in [0.4, 0.5) is 0 Å². The summed E-state index contributed by atoms with van der Waals surface area (Å²) in [6.07, 6.45) is 2.32. The van der Waals surface area contributed by atoms with Crippen molar-refractivity contribution in [2.75, 3.05) is 6.54 Å². The lowest BCUT2D eigenvalue weighted by Crippen LogP contribution is -2.12. The number of carbonyl (C=O) groups is 1. The Morgan fingerprint density at radius 3 is 2.43 bits per heavy atom. The van der Waals surface area contributed by atoms with E-state index in [-0.39, 0.29) is 5.92 Å². The second-order valence-electron chi connectivity index (χ2n) is 1.27. The molecule has 1 atom stereocenters. The van der Waals surface area contributed by atoms with Crippen LogP contribution in [0.3, 0.4) is 0 Å². The first-order valence-electron chi connectivity index (χ1n) is 2.13. The van der Waals surface area contributed by atoms with Crippen LogP contribution in [0.1, 0.15) is 0 Å². The van der Waals surface area contributed by atoms with Crippen molar-refractivity contribution in [1.82, 2.24) is 0 Å². The van der Waals surface area contributed by atoms with Gasteiger partial charge < -0.3 is 10.5 Å². The van der Waals surface area contributed by atoms with Gasteiger partial charge in [-0.25, -0.2) is 0 Å². The monoisotopic (exact) mass is 99.1 g/mol. The lowest BCUT2D eigenvalue weighted by molar-refractivity contribution is -0.109. The molecule has 1 unspecified atom stereocenters. The average Bonchev–Trinajstić information content (AvgIpc) is 1.72. The van der Waals surface area contributed by atoms with Crippen molar-refractivity contribution in [3.8, 4) is 0 Å². The quantitative estimate of drug-likeness (QED) is 0.398. The van der Waals surface area contributed by atoms with Gasteiger partial charge in [0.15, 0.2) is 0 Å². The zero-order valence-corrected chi connectivity index (χ0v) is 4.13. The van der Waals surface area contributed by atoms with Gasteiger partial charge in [0.2, 0.25) is 0 Å². The molecule has 0 heterocycles. The number of nitrogens with two attached hydrogens (primary N) is 1. The Labute approximate surface area is 43.0 Å². The van der Waals surface area contributed by atoms with Crippen molar-refractivity contribution in [2.45, 2.75) is 0 Å². The molecule has 2 N–H and O–H groups in total. The molecule has 0 aromatic heterocycles. The summed E-state index contributed by atoms with van der Waals surface area (Å²) < 4.78 is 0. The van der Waals surface area contributed by atoms with Crippen LogP contribution < -0.4 is 5.73 Å². The third-order valence-electron chi connectivity index (χ3n) is 0.750. The summed E-state index contributed by atoms with van der Waals surface area (Å²) in [6, 6.07) is 0. The first-order chi connectivity index (χ1) is 3.35. The highest BCUT2D eigenvalue weighted by Gasteiger charge is 1.93. The summed E-state index contributed by atoms with van der Waals surface area (Å²) in [7, 11) is 0. The molecule has 0 aliphatic rings. The summed E-state index contributed by atoms with van der Waals surface area (Å²) in [5.41, 5.74) is 5.09. The second kappa shape index (κ2) is 3.56. The Kier molecular flexibility index (Phi) is 3.24. The Bertz CT molecular complexity index is 62.5. The average molecular weight is 99.1 g/mol. The van der Waals surface area contributed by atoms with Gasteiger partial charge in [0.25, 0.3) is 0 Å². The van der Waals surface area contributed by atoms with Crippen molar-refractivity contribution in [1.29, 1.82) is 0 Å². The molecular formula is C5H9NO. The van der Waals surface area contributed by atoms with E-state index >= 15 is 0 Å². The molecule has 2 heteroatoms. The smallest absolute Gasteiger partial charge is 0.128 e. The fourth-order valence-corrected chi connectivity index (χ4v) is 0.207. The molecule has 0 aliphatic carbocycles. The molecule has 0 bridgehead atoms. The van der Waals surface area contributed by atoms with E-state index in [1.165, 1.54) is 6.08 Å². The zero-order chi connectivity index (χ0) is 5.70. The van der Waals surface area contributed by atoms with E-state index in [4.69, 9.17) is 5.73 Å². The predicted molar refractivity (Wildman–Crippen MR) is 28.8 cm³/mol. The molecule has 0 spiro atoms. The second-order valence-corrected chi connectivity index (χ2v) is 1.27. The maximum atomic E-state index is 9.82. The van der Waals surface area contributed by atoms with Gasteiger partial charge in [0.1, 0.15) is 6.29 Å². The predicted octanol–water partition coefficient (Wildman–Crippen LogP) is -0.0538. The standard InChI is InChI=1S/C5H9NO/c1-2-5(3-6)4-7/h2,4-5H,1,3,6H2. The van der Waals surface area contributed by atoms with Crippen LogP contribution >= 0.6 is 0 Å². The van der Waals surface area contributed by atoms with Crippen molar-refractivity contribution in [2.24, 2.45) is 11.7 Å². The van der Waals surface area contributed by atoms with E-state index < -0.39 is 0 Å². The van der Waals surface area contributed by atoms with Gasteiger partial charge in [0.05, 0.1) is 0 Å². The molecule has 0 aliphatic heterocycles. The number of hydrogen-bond acceptors (Lipinski definition) is 2. The Morgan fingerprint density at radius 2 is 2.43 bits per heavy atom. The van der Waals surface area contributed by atoms with Crippen LogP contribution in [0.2, 0.25) is 0 Å². The molecular weight excluding hydrogens is 90.1 g/mol. The fourth-order valence-electron chi connectivity index (χ4n) is 0.207. The normalized spacial score (nSPS) is 12.7. The van der Waals surface area contributed by atoms with E-state index in [0.29, 0.717) is 6.54 Å². The van der Waals surface area contributed by atoms with Gasteiger partial charge in [-0.3, -0.25) is 0 Å². The minimum Gasteiger partial charge on any atom is -0.329 e. The van der Waals surface area contributed by atoms with Gasteiger partial charge in [-0.1, -0.05) is 6.08 Å². The lowest BCUT2D eigenvalue weighted by atomic mass is 10.2. The van der Waals surface area contributed by atoms with Crippen LogP contribution in [0.25, 0.3) is 0 Å². The highest BCUT2D eigenvalue weighted by molar-refractivity contribution is 5.56. The van der Waals surface area contributed by atoms with Gasteiger partial charge in [-0.15, -0.1) is 6.58 Å². The summed E-state index contributed by atoms with van der Waals surface area (Å²) in [6.45, 7) is 3.76. The SMILES string of the molecule is C=CC(C=O)CN. The highest BCUT2D eigenvalue weighted by atomic mass is 16.1. The number of rotatable bonds is 3. The maximum absolute atomic E-state index is 9.82. The minimum atomic E-state index is -0.153. The molecule has 0 saturated heterocycles. The molecule has 0 aromatic rings. The molecule has 0 saturated carbocycles. The molecule has 0 rings (SSSR count). The summed E-state index contributed by atoms with van der Waals surface area (Å²) >= 11 is 0. The number of hydrogen-bond donors (Lipinski definition) is 1. The summed E-state index contributed by atoms with van der Waals surface area (Å²) in [5.74, 6) is -0.153. The largest absolute Gasteiger partial charge is 0.329 e. The van der Waals surface area contributed by atoms with Crippen molar-refractivity contribution in [3.05, 3.63) is 12.7 Å². The number of carbonyl (C=O) groups excluding carboxylic acids is 1. The molecule has 0 fully saturated rings. The van der Waals surface area contributed by atoms with Crippen molar-refractivity contribution >= 4 is 6.29 Å². The molecule has 7 heavy (non-hydrogen) atoms. The van der Waals surface area contributed by atoms with Crippen molar-refractivity contribution < 1.29 is 4.79 Å². The maximum Gasteiger partial charge on any atom is 0.128 e. The number of aldehydes is 1. The first-order valence-corrected chi connectivity index (χ1v) is 2.13. The highest BCUT2D eigenvalue weighted by Crippen LogP contribution is 1.85. The third kappa shape index (κ3) is 2.11. The van der Waals surface area contributed by atoms with E-state index in [0.717, 1.165) is 6.29 Å². The molecule has 0 amide bonds. The van der Waals surface area contributed by atoms with Gasteiger partial charge in [0, 0.05) is 12.5 Å². The third-order valence-corrected chi connectivity index (χ3v) is 0.750. The molecule has 0 aromatic carbocycles. The lowest BCUT2D eigenvalue weighted by Gasteiger charge is -1.93. The Balaban J connectivity index is 3.36. The molecule has 2 nitrogen and oxygen atoms in total. The van der Waals surface area contributed by atoms with Gasteiger partial charge >= 0.3 is 0 Å². The van der Waals surface area contributed by atoms with E-state index in [2.05, 4.69) is 6.58 Å². The van der Waals surface area contributed by atoms with Crippen LogP contribution in [-0.4, -0.2) is 12.8 Å². The van der Waals surface area contributed by atoms with Crippen LogP contribution in [-0.2, 0) is 4.79 Å². The van der Waals surface area contributed by atoms with Gasteiger partial charge in [-0.2, -0.15) is 0 Å². The van der Waals surface area contributed by atoms with Crippen molar-refractivity contribution in [3.63, 3.8) is 0 Å².